The van der Waals surface area contributed by atoms with Gasteiger partial charge in [0.05, 0.1) is 11.4 Å². The molecule has 2 unspecified atom stereocenters. The van der Waals surface area contributed by atoms with E-state index in [1.54, 1.807) is 0 Å². The molecule has 0 radical (unpaired) electrons. The number of nitrogens with zero attached hydrogens (tertiary/aromatic N) is 2. The number of nitrogens with two attached hydrogens (primary N) is 1. The van der Waals surface area contributed by atoms with Crippen LogP contribution in [0.3, 0.4) is 0 Å². The van der Waals surface area contributed by atoms with Crippen molar-refractivity contribution in [2.75, 3.05) is 0 Å². The SMILES string of the molecule is CCC(N)C(C)c1nnc(C)c2ccccc12. The second-order valence-electron chi connectivity index (χ2n) is 4.58. The van der Waals surface area contributed by atoms with Crippen LogP contribution in [0.5, 0.6) is 0 Å². The normalized spacial score (nSPS) is 14.8. The minimum atomic E-state index is 0.135. The van der Waals surface area contributed by atoms with Gasteiger partial charge >= 0.3 is 0 Å². The zero-order valence-electron chi connectivity index (χ0n) is 10.6. The lowest BCUT2D eigenvalue weighted by Crippen LogP contribution is -2.26. The van der Waals surface area contributed by atoms with Gasteiger partial charge in [0.1, 0.15) is 0 Å². The molecule has 3 nitrogen and oxygen atoms in total. The minimum Gasteiger partial charge on any atom is -0.327 e. The van der Waals surface area contributed by atoms with E-state index in [2.05, 4.69) is 36.2 Å². The van der Waals surface area contributed by atoms with Gasteiger partial charge in [0.25, 0.3) is 0 Å². The van der Waals surface area contributed by atoms with Crippen LogP contribution in [0.15, 0.2) is 24.3 Å². The van der Waals surface area contributed by atoms with Crippen molar-refractivity contribution in [3.63, 3.8) is 0 Å². The lowest BCUT2D eigenvalue weighted by atomic mass is 9.93. The Morgan fingerprint density at radius 3 is 2.47 bits per heavy atom. The van der Waals surface area contributed by atoms with Crippen LogP contribution in [-0.2, 0) is 0 Å². The summed E-state index contributed by atoms with van der Waals surface area (Å²) in [6, 6.07) is 8.40. The van der Waals surface area contributed by atoms with E-state index in [0.29, 0.717) is 0 Å². The van der Waals surface area contributed by atoms with Gasteiger partial charge in [0.2, 0.25) is 0 Å². The highest BCUT2D eigenvalue weighted by Gasteiger charge is 2.18. The number of hydrogen-bond acceptors (Lipinski definition) is 3. The molecule has 0 bridgehead atoms. The van der Waals surface area contributed by atoms with E-state index in [1.165, 1.54) is 10.8 Å². The molecular formula is C14H19N3. The summed E-state index contributed by atoms with van der Waals surface area (Å²) in [7, 11) is 0. The van der Waals surface area contributed by atoms with E-state index in [1.807, 2.05) is 19.1 Å². The highest BCUT2D eigenvalue weighted by atomic mass is 15.1. The van der Waals surface area contributed by atoms with E-state index in [-0.39, 0.29) is 12.0 Å². The number of benzene rings is 1. The molecule has 2 aromatic rings. The van der Waals surface area contributed by atoms with Crippen molar-refractivity contribution in [2.45, 2.75) is 39.2 Å². The number of aromatic nitrogens is 2. The Bertz CT molecular complexity index is 522. The predicted octanol–water partition coefficient (Wildman–Crippen LogP) is 2.78. The van der Waals surface area contributed by atoms with Gasteiger partial charge in [-0.2, -0.15) is 10.2 Å². The fourth-order valence-electron chi connectivity index (χ4n) is 2.15. The maximum Gasteiger partial charge on any atom is 0.0753 e. The molecule has 0 fully saturated rings. The number of rotatable bonds is 3. The minimum absolute atomic E-state index is 0.135. The standard InChI is InChI=1S/C14H19N3/c1-4-13(15)9(2)14-12-8-6-5-7-11(12)10(3)16-17-14/h5-9,13H,4,15H2,1-3H3. The number of aryl methyl sites for hydroxylation is 1. The molecule has 2 rings (SSSR count). The van der Waals surface area contributed by atoms with Crippen molar-refractivity contribution in [2.24, 2.45) is 5.73 Å². The summed E-state index contributed by atoms with van der Waals surface area (Å²) >= 11 is 0. The summed E-state index contributed by atoms with van der Waals surface area (Å²) in [6.45, 7) is 6.22. The Hall–Kier alpha value is -1.48. The maximum atomic E-state index is 6.11. The van der Waals surface area contributed by atoms with E-state index >= 15 is 0 Å². The first-order chi connectivity index (χ1) is 8.15. The molecule has 1 aromatic heterocycles. The Morgan fingerprint density at radius 1 is 1.18 bits per heavy atom. The van der Waals surface area contributed by atoms with Crippen molar-refractivity contribution >= 4 is 10.8 Å². The summed E-state index contributed by atoms with van der Waals surface area (Å²) in [5.74, 6) is 0.234. The monoisotopic (exact) mass is 229 g/mol. The Kier molecular flexibility index (Phi) is 3.38. The van der Waals surface area contributed by atoms with Crippen molar-refractivity contribution in [1.29, 1.82) is 0 Å². The fourth-order valence-corrected chi connectivity index (χ4v) is 2.15. The molecule has 1 heterocycles. The Balaban J connectivity index is 2.59. The van der Waals surface area contributed by atoms with Crippen LogP contribution in [-0.4, -0.2) is 16.2 Å². The Labute approximate surface area is 102 Å². The molecule has 0 saturated heterocycles. The molecule has 17 heavy (non-hydrogen) atoms. The van der Waals surface area contributed by atoms with Crippen LogP contribution in [0.4, 0.5) is 0 Å². The third-order valence-corrected chi connectivity index (χ3v) is 3.45. The van der Waals surface area contributed by atoms with Gasteiger partial charge in [-0.15, -0.1) is 0 Å². The highest BCUT2D eigenvalue weighted by molar-refractivity contribution is 5.86. The maximum absolute atomic E-state index is 6.11. The number of fused-ring (bicyclic) bond motifs is 1. The molecule has 0 spiro atoms. The van der Waals surface area contributed by atoms with Crippen molar-refractivity contribution < 1.29 is 0 Å². The molecule has 0 aliphatic heterocycles. The van der Waals surface area contributed by atoms with Crippen LogP contribution in [0.2, 0.25) is 0 Å². The smallest absolute Gasteiger partial charge is 0.0753 e. The fraction of sp³-hybridized carbons (Fsp3) is 0.429. The predicted molar refractivity (Wildman–Crippen MR) is 71.0 cm³/mol. The average Bonchev–Trinajstić information content (AvgIpc) is 2.38. The van der Waals surface area contributed by atoms with Gasteiger partial charge in [0, 0.05) is 22.7 Å². The van der Waals surface area contributed by atoms with E-state index in [9.17, 15) is 0 Å². The van der Waals surface area contributed by atoms with Gasteiger partial charge in [-0.3, -0.25) is 0 Å². The molecule has 0 saturated carbocycles. The average molecular weight is 229 g/mol. The summed E-state index contributed by atoms with van der Waals surface area (Å²) in [5.41, 5.74) is 8.10. The lowest BCUT2D eigenvalue weighted by Gasteiger charge is -2.19. The zero-order valence-corrected chi connectivity index (χ0v) is 10.6. The molecule has 1 aromatic carbocycles. The second kappa shape index (κ2) is 4.80. The summed E-state index contributed by atoms with van der Waals surface area (Å²) in [6.07, 6.45) is 0.949. The first-order valence-corrected chi connectivity index (χ1v) is 6.12. The van der Waals surface area contributed by atoms with Gasteiger partial charge < -0.3 is 5.73 Å². The van der Waals surface area contributed by atoms with Crippen LogP contribution in [0.1, 0.15) is 37.6 Å². The molecule has 3 heteroatoms. The van der Waals surface area contributed by atoms with E-state index < -0.39 is 0 Å². The van der Waals surface area contributed by atoms with E-state index in [4.69, 9.17) is 5.73 Å². The Morgan fingerprint density at radius 2 is 1.82 bits per heavy atom. The van der Waals surface area contributed by atoms with Gasteiger partial charge in [-0.25, -0.2) is 0 Å². The van der Waals surface area contributed by atoms with E-state index in [0.717, 1.165) is 17.8 Å². The van der Waals surface area contributed by atoms with Crippen LogP contribution >= 0.6 is 0 Å². The van der Waals surface area contributed by atoms with Crippen LogP contribution < -0.4 is 5.73 Å². The molecule has 90 valence electrons. The summed E-state index contributed by atoms with van der Waals surface area (Å²) in [4.78, 5) is 0. The zero-order chi connectivity index (χ0) is 12.4. The summed E-state index contributed by atoms with van der Waals surface area (Å²) in [5, 5.41) is 10.9. The summed E-state index contributed by atoms with van der Waals surface area (Å²) < 4.78 is 0. The third-order valence-electron chi connectivity index (χ3n) is 3.45. The molecule has 0 amide bonds. The molecule has 2 atom stereocenters. The molecule has 0 aliphatic carbocycles. The van der Waals surface area contributed by atoms with Crippen molar-refractivity contribution in [1.82, 2.24) is 10.2 Å². The number of hydrogen-bond donors (Lipinski definition) is 1. The van der Waals surface area contributed by atoms with Gasteiger partial charge in [0.15, 0.2) is 0 Å². The van der Waals surface area contributed by atoms with Crippen molar-refractivity contribution in [3.05, 3.63) is 35.7 Å². The van der Waals surface area contributed by atoms with Gasteiger partial charge in [-0.1, -0.05) is 38.1 Å². The first kappa shape index (κ1) is 12.0. The highest BCUT2D eigenvalue weighted by Crippen LogP contribution is 2.26. The third kappa shape index (κ3) is 2.15. The molecule has 0 aliphatic rings. The van der Waals surface area contributed by atoms with Gasteiger partial charge in [-0.05, 0) is 13.3 Å². The second-order valence-corrected chi connectivity index (χ2v) is 4.58. The topological polar surface area (TPSA) is 51.8 Å². The molecule has 2 N–H and O–H groups in total. The van der Waals surface area contributed by atoms with Crippen LogP contribution in [0, 0.1) is 6.92 Å². The largest absolute Gasteiger partial charge is 0.327 e. The first-order valence-electron chi connectivity index (χ1n) is 6.12. The van der Waals surface area contributed by atoms with Crippen molar-refractivity contribution in [3.8, 4) is 0 Å². The molecular weight excluding hydrogens is 210 g/mol. The van der Waals surface area contributed by atoms with Crippen LogP contribution in [0.25, 0.3) is 10.8 Å². The quantitative estimate of drug-likeness (QED) is 0.880. The lowest BCUT2D eigenvalue weighted by molar-refractivity contribution is 0.539.